The van der Waals surface area contributed by atoms with E-state index in [1.165, 1.54) is 12.0 Å². The van der Waals surface area contributed by atoms with Crippen molar-refractivity contribution < 1.29 is 23.9 Å². The number of carbonyl (C=O) groups is 4. The standard InChI is InChI=1S/C38H45N7O5/c1-22(39)36(47)44-17-5-7-32(44)34-40-21-31(43-34)30-16-15-28-19-27(13-14-29(28)20-30)26-11-9-25(10-12-26)23(2)41-35(46)33-8-6-18-45(33)37(48)24(3)42-38(49)50-4/h9-16,19-24,32-33H,5-8,17-18,39H2,1-4H3,(H,40,43)(H,41,46)(H,42,49)/t22-,23-,24-,32-,33-/m0/s1. The summed E-state index contributed by atoms with van der Waals surface area (Å²) in [5.74, 6) is 0.214. The van der Waals surface area contributed by atoms with Crippen LogP contribution in [0.4, 0.5) is 4.79 Å². The molecule has 12 nitrogen and oxygen atoms in total. The van der Waals surface area contributed by atoms with Crippen LogP contribution in [0.5, 0.6) is 0 Å². The minimum atomic E-state index is -0.796. The van der Waals surface area contributed by atoms with E-state index in [0.29, 0.717) is 25.9 Å². The Bertz CT molecular complexity index is 1890. The molecule has 6 rings (SSSR count). The van der Waals surface area contributed by atoms with Crippen LogP contribution in [0, 0.1) is 0 Å². The molecule has 0 radical (unpaired) electrons. The van der Waals surface area contributed by atoms with Crippen LogP contribution in [0.2, 0.25) is 0 Å². The minimum absolute atomic E-state index is 0.0494. The van der Waals surface area contributed by atoms with Crippen molar-refractivity contribution in [3.8, 4) is 22.4 Å². The minimum Gasteiger partial charge on any atom is -0.453 e. The van der Waals surface area contributed by atoms with Crippen LogP contribution in [0.1, 0.15) is 69.9 Å². The number of nitrogens with one attached hydrogen (secondary N) is 3. The third kappa shape index (κ3) is 7.20. The molecule has 2 aliphatic heterocycles. The van der Waals surface area contributed by atoms with Gasteiger partial charge in [0.2, 0.25) is 17.7 Å². The Kier molecular flexibility index (Phi) is 10.2. The third-order valence-electron chi connectivity index (χ3n) is 9.82. The molecule has 2 fully saturated rings. The number of likely N-dealkylation sites (tertiary alicyclic amines) is 2. The predicted molar refractivity (Wildman–Crippen MR) is 191 cm³/mol. The van der Waals surface area contributed by atoms with Gasteiger partial charge in [-0.1, -0.05) is 48.5 Å². The van der Waals surface area contributed by atoms with Crippen LogP contribution in [0.15, 0.2) is 66.9 Å². The molecular weight excluding hydrogens is 634 g/mol. The number of amides is 4. The second kappa shape index (κ2) is 14.7. The second-order valence-electron chi connectivity index (χ2n) is 13.3. The molecule has 5 atom stereocenters. The molecule has 0 saturated carbocycles. The fraction of sp³-hybridized carbons (Fsp3) is 0.395. The summed E-state index contributed by atoms with van der Waals surface area (Å²) in [5.41, 5.74) is 10.9. The van der Waals surface area contributed by atoms with Gasteiger partial charge in [-0.3, -0.25) is 14.4 Å². The first-order chi connectivity index (χ1) is 24.0. The molecule has 2 saturated heterocycles. The number of fused-ring (bicyclic) bond motifs is 1. The van der Waals surface area contributed by atoms with E-state index >= 15 is 0 Å². The fourth-order valence-electron chi connectivity index (χ4n) is 7.03. The van der Waals surface area contributed by atoms with E-state index in [-0.39, 0.29) is 29.8 Å². The number of aromatic nitrogens is 2. The number of methoxy groups -OCH3 is 1. The van der Waals surface area contributed by atoms with Crippen molar-refractivity contribution in [2.45, 2.75) is 76.7 Å². The maximum absolute atomic E-state index is 13.3. The van der Waals surface area contributed by atoms with Gasteiger partial charge in [0.05, 0.1) is 37.1 Å². The molecule has 2 aliphatic rings. The molecule has 0 bridgehead atoms. The summed E-state index contributed by atoms with van der Waals surface area (Å²) >= 11 is 0. The average molecular weight is 680 g/mol. The van der Waals surface area contributed by atoms with E-state index in [1.54, 1.807) is 13.8 Å². The molecule has 0 spiro atoms. The number of hydrogen-bond acceptors (Lipinski definition) is 7. The molecule has 4 amide bonds. The summed E-state index contributed by atoms with van der Waals surface area (Å²) in [7, 11) is 1.24. The van der Waals surface area contributed by atoms with Crippen LogP contribution >= 0.6 is 0 Å². The summed E-state index contributed by atoms with van der Waals surface area (Å²) in [6, 6.07) is 18.5. The predicted octanol–water partition coefficient (Wildman–Crippen LogP) is 4.82. The van der Waals surface area contributed by atoms with Crippen molar-refractivity contribution in [1.29, 1.82) is 0 Å². The highest BCUT2D eigenvalue weighted by Gasteiger charge is 2.37. The Morgan fingerprint density at radius 2 is 1.48 bits per heavy atom. The monoisotopic (exact) mass is 679 g/mol. The molecular formula is C38H45N7O5. The van der Waals surface area contributed by atoms with E-state index in [2.05, 4.69) is 61.7 Å². The van der Waals surface area contributed by atoms with Crippen molar-refractivity contribution >= 4 is 34.6 Å². The van der Waals surface area contributed by atoms with Crippen molar-refractivity contribution in [2.75, 3.05) is 20.2 Å². The highest BCUT2D eigenvalue weighted by Crippen LogP contribution is 2.33. The van der Waals surface area contributed by atoms with Gasteiger partial charge in [-0.25, -0.2) is 9.78 Å². The normalized spacial score (nSPS) is 19.2. The molecule has 0 aliphatic carbocycles. The zero-order chi connectivity index (χ0) is 35.5. The molecule has 3 aromatic carbocycles. The molecule has 5 N–H and O–H groups in total. The number of alkyl carbamates (subject to hydrolysis) is 1. The van der Waals surface area contributed by atoms with Crippen LogP contribution in [0.25, 0.3) is 33.2 Å². The van der Waals surface area contributed by atoms with Gasteiger partial charge < -0.3 is 35.9 Å². The summed E-state index contributed by atoms with van der Waals surface area (Å²) in [6.07, 6.45) is 4.21. The number of nitrogens with two attached hydrogens (primary N) is 1. The Morgan fingerprint density at radius 1 is 0.840 bits per heavy atom. The van der Waals surface area contributed by atoms with Gasteiger partial charge >= 0.3 is 6.09 Å². The van der Waals surface area contributed by atoms with Crippen molar-refractivity contribution in [3.63, 3.8) is 0 Å². The van der Waals surface area contributed by atoms with Crippen molar-refractivity contribution in [1.82, 2.24) is 30.4 Å². The first-order valence-electron chi connectivity index (χ1n) is 17.2. The number of H-pyrrole nitrogens is 1. The number of ether oxygens (including phenoxy) is 1. The SMILES string of the molecule is COC(=O)N[C@@H](C)C(=O)N1CCC[C@H]1C(=O)N[C@@H](C)c1ccc(-c2ccc3cc(-c4cnc([C@@H]5CCCN5C(=O)[C@H](C)N)[nH]4)ccc3c2)cc1. The quantitative estimate of drug-likeness (QED) is 0.197. The molecule has 4 aromatic rings. The second-order valence-corrected chi connectivity index (χ2v) is 13.3. The molecule has 3 heterocycles. The van der Waals surface area contributed by atoms with Gasteiger partial charge in [0, 0.05) is 18.7 Å². The smallest absolute Gasteiger partial charge is 0.407 e. The Morgan fingerprint density at radius 3 is 2.18 bits per heavy atom. The summed E-state index contributed by atoms with van der Waals surface area (Å²) in [4.78, 5) is 61.8. The lowest BCUT2D eigenvalue weighted by atomic mass is 9.97. The van der Waals surface area contributed by atoms with Gasteiger partial charge in [-0.2, -0.15) is 0 Å². The third-order valence-corrected chi connectivity index (χ3v) is 9.82. The lowest BCUT2D eigenvalue weighted by Crippen LogP contribution is -2.52. The summed E-state index contributed by atoms with van der Waals surface area (Å²) < 4.78 is 4.60. The highest BCUT2D eigenvalue weighted by atomic mass is 16.5. The first-order valence-corrected chi connectivity index (χ1v) is 17.2. The van der Waals surface area contributed by atoms with Gasteiger partial charge in [-0.15, -0.1) is 0 Å². The van der Waals surface area contributed by atoms with Crippen molar-refractivity contribution in [3.05, 3.63) is 78.2 Å². The van der Waals surface area contributed by atoms with E-state index in [4.69, 9.17) is 5.73 Å². The number of benzene rings is 3. The number of carbonyl (C=O) groups excluding carboxylic acids is 4. The largest absolute Gasteiger partial charge is 0.453 e. The van der Waals surface area contributed by atoms with Crippen LogP contribution < -0.4 is 16.4 Å². The van der Waals surface area contributed by atoms with Crippen LogP contribution in [-0.2, 0) is 19.1 Å². The molecule has 0 unspecified atom stereocenters. The van der Waals surface area contributed by atoms with E-state index < -0.39 is 24.2 Å². The number of aromatic amines is 1. The van der Waals surface area contributed by atoms with E-state index in [1.807, 2.05) is 42.3 Å². The van der Waals surface area contributed by atoms with E-state index in [0.717, 1.165) is 57.4 Å². The van der Waals surface area contributed by atoms with Gasteiger partial charge in [0.15, 0.2) is 0 Å². The number of rotatable bonds is 9. The maximum atomic E-state index is 13.3. The Balaban J connectivity index is 1.10. The Labute approximate surface area is 291 Å². The van der Waals surface area contributed by atoms with E-state index in [9.17, 15) is 19.2 Å². The lowest BCUT2D eigenvalue weighted by Gasteiger charge is -2.28. The first kappa shape index (κ1) is 34.6. The van der Waals surface area contributed by atoms with Gasteiger partial charge in [0.25, 0.3) is 0 Å². The van der Waals surface area contributed by atoms with Crippen molar-refractivity contribution in [2.24, 2.45) is 5.73 Å². The zero-order valence-electron chi connectivity index (χ0n) is 28.9. The number of nitrogens with zero attached hydrogens (tertiary/aromatic N) is 3. The molecule has 50 heavy (non-hydrogen) atoms. The van der Waals surface area contributed by atoms with Gasteiger partial charge in [-0.05, 0) is 86.1 Å². The maximum Gasteiger partial charge on any atom is 0.407 e. The molecule has 1 aromatic heterocycles. The van der Waals surface area contributed by atoms with Crippen LogP contribution in [-0.4, -0.2) is 81.9 Å². The topological polar surface area (TPSA) is 163 Å². The summed E-state index contributed by atoms with van der Waals surface area (Å²) in [5, 5.41) is 7.76. The van der Waals surface area contributed by atoms with Gasteiger partial charge in [0.1, 0.15) is 17.9 Å². The summed E-state index contributed by atoms with van der Waals surface area (Å²) in [6.45, 7) is 6.38. The molecule has 262 valence electrons. The van der Waals surface area contributed by atoms with Crippen LogP contribution in [0.3, 0.4) is 0 Å². The fourth-order valence-corrected chi connectivity index (χ4v) is 7.03. The average Bonchev–Trinajstić information content (AvgIpc) is 3.92. The highest BCUT2D eigenvalue weighted by molar-refractivity contribution is 5.92. The zero-order valence-corrected chi connectivity index (χ0v) is 28.9. The molecule has 12 heteroatoms. The Hall–Kier alpha value is -5.23. The number of imidazole rings is 1. The lowest BCUT2D eigenvalue weighted by molar-refractivity contribution is -0.139. The number of hydrogen-bond donors (Lipinski definition) is 4.